The average molecular weight is 683 g/mol. The standard InChI is InChI=1S/C35H37Cl2N3O5S/c1-4-33(35(42)38-22-25(2)3)39(23-30-31(36)16-11-17-32(30)37)34(41)24-40(46(43,44)29-14-9-6-10-15-29)26-18-20-28(21-19-26)45-27-12-7-5-8-13-27/h5-21,25,33H,4,22-24H2,1-3H3,(H,38,42)/t33-/m1/s1. The molecule has 8 nitrogen and oxygen atoms in total. The highest BCUT2D eigenvalue weighted by Gasteiger charge is 2.34. The molecule has 0 saturated carbocycles. The lowest BCUT2D eigenvalue weighted by Crippen LogP contribution is -2.52. The number of hydrogen-bond donors (Lipinski definition) is 1. The minimum absolute atomic E-state index is 0.00910. The summed E-state index contributed by atoms with van der Waals surface area (Å²) in [5.74, 6) is 0.332. The molecule has 4 aromatic carbocycles. The van der Waals surface area contributed by atoms with Crippen LogP contribution in [0.4, 0.5) is 5.69 Å². The van der Waals surface area contributed by atoms with Crippen LogP contribution in [0.5, 0.6) is 11.5 Å². The molecule has 0 aliphatic heterocycles. The molecule has 0 fully saturated rings. The quantitative estimate of drug-likeness (QED) is 0.148. The third-order valence-electron chi connectivity index (χ3n) is 7.17. The summed E-state index contributed by atoms with van der Waals surface area (Å²) in [6.07, 6.45) is 0.273. The number of carbonyl (C=O) groups is 2. The Balaban J connectivity index is 1.73. The van der Waals surface area contributed by atoms with E-state index in [4.69, 9.17) is 27.9 Å². The van der Waals surface area contributed by atoms with E-state index in [-0.39, 0.29) is 35.4 Å². The zero-order valence-corrected chi connectivity index (χ0v) is 28.2. The van der Waals surface area contributed by atoms with Crippen molar-refractivity contribution in [1.82, 2.24) is 10.2 Å². The third kappa shape index (κ3) is 8.81. The number of hydrogen-bond acceptors (Lipinski definition) is 5. The van der Waals surface area contributed by atoms with Crippen LogP contribution in [0.15, 0.2) is 108 Å². The first kappa shape index (κ1) is 34.8. The predicted molar refractivity (Wildman–Crippen MR) is 183 cm³/mol. The maximum atomic E-state index is 14.3. The van der Waals surface area contributed by atoms with E-state index in [1.807, 2.05) is 32.0 Å². The molecule has 0 heterocycles. The second-order valence-corrected chi connectivity index (χ2v) is 13.7. The molecule has 11 heteroatoms. The molecule has 1 N–H and O–H groups in total. The summed E-state index contributed by atoms with van der Waals surface area (Å²) < 4.78 is 35.1. The molecule has 0 spiro atoms. The first-order chi connectivity index (χ1) is 22.0. The van der Waals surface area contributed by atoms with Gasteiger partial charge in [0.25, 0.3) is 10.0 Å². The lowest BCUT2D eigenvalue weighted by Gasteiger charge is -2.33. The van der Waals surface area contributed by atoms with Crippen molar-refractivity contribution in [3.8, 4) is 11.5 Å². The fourth-order valence-corrected chi connectivity index (χ4v) is 6.70. The number of anilines is 1. The Bertz CT molecular complexity index is 1700. The van der Waals surface area contributed by atoms with Crippen LogP contribution in [0.3, 0.4) is 0 Å². The summed E-state index contributed by atoms with van der Waals surface area (Å²) in [4.78, 5) is 29.1. The number of carbonyl (C=O) groups excluding carboxylic acids is 2. The topological polar surface area (TPSA) is 96.0 Å². The number of benzene rings is 4. The van der Waals surface area contributed by atoms with Crippen molar-refractivity contribution >= 4 is 50.7 Å². The largest absolute Gasteiger partial charge is 0.457 e. The van der Waals surface area contributed by atoms with Gasteiger partial charge in [-0.3, -0.25) is 13.9 Å². The van der Waals surface area contributed by atoms with Gasteiger partial charge in [0, 0.05) is 28.7 Å². The number of rotatable bonds is 14. The highest BCUT2D eigenvalue weighted by atomic mass is 35.5. The number of amides is 2. The molecular weight excluding hydrogens is 645 g/mol. The van der Waals surface area contributed by atoms with Crippen molar-refractivity contribution in [2.24, 2.45) is 5.92 Å². The summed E-state index contributed by atoms with van der Waals surface area (Å²) in [5.41, 5.74) is 0.694. The van der Waals surface area contributed by atoms with Gasteiger partial charge in [0.15, 0.2) is 0 Å². The van der Waals surface area contributed by atoms with E-state index in [1.54, 1.807) is 79.7 Å². The van der Waals surface area contributed by atoms with Gasteiger partial charge in [-0.25, -0.2) is 8.42 Å². The Kier molecular flexibility index (Phi) is 12.1. The van der Waals surface area contributed by atoms with Gasteiger partial charge in [-0.15, -0.1) is 0 Å². The van der Waals surface area contributed by atoms with Gasteiger partial charge in [0.05, 0.1) is 10.6 Å². The van der Waals surface area contributed by atoms with Crippen LogP contribution in [0.1, 0.15) is 32.8 Å². The van der Waals surface area contributed by atoms with Gasteiger partial charge in [0.1, 0.15) is 24.1 Å². The highest BCUT2D eigenvalue weighted by Crippen LogP contribution is 2.30. The van der Waals surface area contributed by atoms with Gasteiger partial charge in [0.2, 0.25) is 11.8 Å². The Morgan fingerprint density at radius 2 is 1.37 bits per heavy atom. The van der Waals surface area contributed by atoms with Crippen molar-refractivity contribution < 1.29 is 22.7 Å². The second kappa shape index (κ2) is 16.0. The van der Waals surface area contributed by atoms with Gasteiger partial charge in [-0.2, -0.15) is 0 Å². The zero-order valence-electron chi connectivity index (χ0n) is 25.9. The van der Waals surface area contributed by atoms with Crippen LogP contribution in [-0.2, 0) is 26.2 Å². The van der Waals surface area contributed by atoms with E-state index in [1.165, 1.54) is 17.0 Å². The summed E-state index contributed by atoms with van der Waals surface area (Å²) in [5, 5.41) is 3.56. The SMILES string of the molecule is CC[C@H](C(=O)NCC(C)C)N(Cc1c(Cl)cccc1Cl)C(=O)CN(c1ccc(Oc2ccccc2)cc1)S(=O)(=O)c1ccccc1. The van der Waals surface area contributed by atoms with E-state index < -0.39 is 28.5 Å². The Labute approximate surface area is 280 Å². The summed E-state index contributed by atoms with van der Waals surface area (Å²) >= 11 is 13.0. The van der Waals surface area contributed by atoms with Crippen molar-refractivity contribution in [3.63, 3.8) is 0 Å². The van der Waals surface area contributed by atoms with Crippen LogP contribution in [0.25, 0.3) is 0 Å². The lowest BCUT2D eigenvalue weighted by molar-refractivity contribution is -0.140. The number of nitrogens with zero attached hydrogens (tertiary/aromatic N) is 2. The number of nitrogens with one attached hydrogen (secondary N) is 1. The van der Waals surface area contributed by atoms with Crippen molar-refractivity contribution in [1.29, 1.82) is 0 Å². The molecule has 0 aliphatic carbocycles. The monoisotopic (exact) mass is 681 g/mol. The Morgan fingerprint density at radius 3 is 1.93 bits per heavy atom. The van der Waals surface area contributed by atoms with Gasteiger partial charge in [-0.1, -0.05) is 86.4 Å². The lowest BCUT2D eigenvalue weighted by atomic mass is 10.1. The maximum Gasteiger partial charge on any atom is 0.264 e. The molecule has 46 heavy (non-hydrogen) atoms. The molecule has 4 aromatic rings. The molecule has 0 radical (unpaired) electrons. The van der Waals surface area contributed by atoms with E-state index in [2.05, 4.69) is 5.32 Å². The zero-order chi connectivity index (χ0) is 33.3. The first-order valence-corrected chi connectivity index (χ1v) is 17.1. The molecule has 0 aromatic heterocycles. The molecule has 0 unspecified atom stereocenters. The maximum absolute atomic E-state index is 14.3. The molecule has 0 bridgehead atoms. The summed E-state index contributed by atoms with van der Waals surface area (Å²) in [6, 6.07) is 27.5. The first-order valence-electron chi connectivity index (χ1n) is 14.9. The Morgan fingerprint density at radius 1 is 0.804 bits per heavy atom. The molecule has 0 saturated heterocycles. The van der Waals surface area contributed by atoms with Crippen LogP contribution < -0.4 is 14.4 Å². The van der Waals surface area contributed by atoms with Crippen LogP contribution in [0.2, 0.25) is 10.0 Å². The molecular formula is C35H37Cl2N3O5S. The second-order valence-electron chi connectivity index (χ2n) is 11.0. The van der Waals surface area contributed by atoms with Gasteiger partial charge >= 0.3 is 0 Å². The van der Waals surface area contributed by atoms with E-state index >= 15 is 0 Å². The average Bonchev–Trinajstić information content (AvgIpc) is 3.05. The number of para-hydroxylation sites is 1. The molecule has 2 amide bonds. The van der Waals surface area contributed by atoms with Crippen LogP contribution in [-0.4, -0.2) is 44.3 Å². The molecule has 242 valence electrons. The predicted octanol–water partition coefficient (Wildman–Crippen LogP) is 7.56. The number of sulfonamides is 1. The van der Waals surface area contributed by atoms with Crippen molar-refractivity contribution in [3.05, 3.63) is 119 Å². The van der Waals surface area contributed by atoms with Gasteiger partial charge in [-0.05, 0) is 73.0 Å². The van der Waals surface area contributed by atoms with Crippen molar-refractivity contribution in [2.45, 2.75) is 44.7 Å². The summed E-state index contributed by atoms with van der Waals surface area (Å²) in [7, 11) is -4.23. The van der Waals surface area contributed by atoms with E-state index in [9.17, 15) is 18.0 Å². The fourth-order valence-electron chi connectivity index (χ4n) is 4.75. The molecule has 1 atom stereocenters. The van der Waals surface area contributed by atoms with Crippen molar-refractivity contribution in [2.75, 3.05) is 17.4 Å². The number of ether oxygens (including phenoxy) is 1. The van der Waals surface area contributed by atoms with Crippen LogP contribution in [0, 0.1) is 5.92 Å². The summed E-state index contributed by atoms with van der Waals surface area (Å²) in [6.45, 7) is 5.45. The van der Waals surface area contributed by atoms with E-state index in [0.717, 1.165) is 4.31 Å². The smallest absolute Gasteiger partial charge is 0.264 e. The minimum atomic E-state index is -4.23. The Hall–Kier alpha value is -4.05. The minimum Gasteiger partial charge on any atom is -0.457 e. The van der Waals surface area contributed by atoms with Gasteiger partial charge < -0.3 is 15.0 Å². The number of halogens is 2. The molecule has 0 aliphatic rings. The normalized spacial score (nSPS) is 12.0. The van der Waals surface area contributed by atoms with E-state index in [0.29, 0.717) is 33.7 Å². The third-order valence-corrected chi connectivity index (χ3v) is 9.67. The van der Waals surface area contributed by atoms with Crippen LogP contribution >= 0.6 is 23.2 Å². The highest BCUT2D eigenvalue weighted by molar-refractivity contribution is 7.92. The molecule has 4 rings (SSSR count). The fraction of sp³-hybridized carbons (Fsp3) is 0.257.